The molecule has 36 heteroatoms. The van der Waals surface area contributed by atoms with Crippen LogP contribution in [0.5, 0.6) is 0 Å². The van der Waals surface area contributed by atoms with E-state index in [4.69, 9.17) is 40.4 Å². The van der Waals surface area contributed by atoms with E-state index in [2.05, 4.69) is 39.6 Å². The number of H-pyrrole nitrogens is 1. The van der Waals surface area contributed by atoms with Crippen LogP contribution in [0.4, 0.5) is 5.95 Å². The number of phosphoric acid groups is 2. The number of carboxylic acids is 2. The molecule has 72 heavy (non-hydrogen) atoms. The van der Waals surface area contributed by atoms with Crippen molar-refractivity contribution < 1.29 is 137 Å². The SMILES string of the molecule is C=C(C)C(=O)[O-].CC(=O)C(=O)[O-].CC1O[C@H](C)C(O)C(O)[C@@H]1O.CC1O[C@H](O)C(O)C(O)[C@@H]1O.CC1O[C@H](OP(=O)([O-])OP(=O)([O-])OC[C@H]2O[C@@H](n3cnc4c(=O)[nH]c(N)nc43)C(O)C2O)C(O)C(O)[C@@H]1O. The number of hydrogen-bond acceptors (Lipinski definition) is 32. The second kappa shape index (κ2) is 27.1. The molecule has 0 aliphatic carbocycles. The molecule has 4 fully saturated rings. The molecule has 2 aromatic rings. The van der Waals surface area contributed by atoms with Gasteiger partial charge in [-0.15, -0.1) is 0 Å². The van der Waals surface area contributed by atoms with E-state index in [0.717, 1.165) is 17.8 Å². The number of nitrogens with one attached hydrogen (secondary N) is 1. The van der Waals surface area contributed by atoms with Gasteiger partial charge in [-0.05, 0) is 40.2 Å². The molecule has 0 bridgehead atoms. The van der Waals surface area contributed by atoms with Crippen LogP contribution in [0.1, 0.15) is 47.8 Å². The number of hydrogen-bond donors (Lipinski definition) is 14. The van der Waals surface area contributed by atoms with Crippen molar-refractivity contribution in [2.24, 2.45) is 0 Å². The van der Waals surface area contributed by atoms with Crippen LogP contribution >= 0.6 is 15.6 Å². The third-order valence-corrected chi connectivity index (χ3v) is 12.8. The number of aliphatic hydroxyl groups is 12. The van der Waals surface area contributed by atoms with Crippen LogP contribution in [0.3, 0.4) is 0 Å². The standard InChI is InChI=1S/C16H25N5O15P2.C7H14O4.C6H12O5.C4H6O2.C3H4O3/c1-4-7(22)9(24)11(26)15(33-4)35-38(30,31)36-37(28,29)32-2-5-8(23)10(25)14(34-5)21-3-18-6-12(21)19-16(17)20-13(6)27;1-3-5(8)7(10)6(9)4(2)11-3;1-2-3(7)4(8)5(9)6(10)11-2;1-3(2)4(5)6;1-2(4)3(5)6/h3-5,7-11,14-15,22-26H,2H2,1H3,(H,28,29)(H,30,31)(H3,17,19,20,27);3-10H,1-2H3;2-10H,1H3;1H2,2H3,(H,5,6);1H3,(H,5,6)/p-4/t4?,5-,7-,8?,9?,10?,11?,14-,15-;3-,4?,5?,6-,7?;2?,3-,4?,5?,6+;;/m111../s1. The first-order chi connectivity index (χ1) is 33.0. The molecule has 4 aliphatic heterocycles. The first-order valence-corrected chi connectivity index (χ1v) is 23.6. The van der Waals surface area contributed by atoms with Crippen molar-refractivity contribution in [2.45, 2.75) is 158 Å². The van der Waals surface area contributed by atoms with Gasteiger partial charge >= 0.3 is 0 Å². The van der Waals surface area contributed by atoms with Crippen LogP contribution in [0.2, 0.25) is 0 Å². The Morgan fingerprint density at radius 2 is 1.15 bits per heavy atom. The van der Waals surface area contributed by atoms with Crippen molar-refractivity contribution >= 4 is 50.5 Å². The number of nitrogens with zero attached hydrogens (tertiary/aromatic N) is 3. The van der Waals surface area contributed by atoms with Crippen molar-refractivity contribution in [3.8, 4) is 0 Å². The van der Waals surface area contributed by atoms with Crippen molar-refractivity contribution in [3.63, 3.8) is 0 Å². The van der Waals surface area contributed by atoms with Gasteiger partial charge in [0.2, 0.25) is 5.95 Å². The molecule has 0 amide bonds. The van der Waals surface area contributed by atoms with Gasteiger partial charge in [-0.3, -0.25) is 32.8 Å². The number of nitrogens with two attached hydrogens (primary N) is 1. The van der Waals surface area contributed by atoms with Gasteiger partial charge in [-0.2, -0.15) is 4.98 Å². The van der Waals surface area contributed by atoms with Crippen molar-refractivity contribution in [2.75, 3.05) is 12.3 Å². The van der Waals surface area contributed by atoms with Crippen LogP contribution < -0.4 is 31.3 Å². The number of fused-ring (bicyclic) bond motifs is 1. The zero-order valence-electron chi connectivity index (χ0n) is 38.6. The summed E-state index contributed by atoms with van der Waals surface area (Å²) < 4.78 is 58.1. The van der Waals surface area contributed by atoms with Crippen molar-refractivity contribution in [1.82, 2.24) is 19.5 Å². The summed E-state index contributed by atoms with van der Waals surface area (Å²) in [6.45, 7) is 10.4. The molecule has 0 spiro atoms. The summed E-state index contributed by atoms with van der Waals surface area (Å²) >= 11 is 0. The molecule has 0 aromatic carbocycles. The highest BCUT2D eigenvalue weighted by atomic mass is 31.3. The number of carbonyl (C=O) groups is 3. The molecule has 0 saturated carbocycles. The average Bonchev–Trinajstić information content (AvgIpc) is 3.83. The zero-order valence-corrected chi connectivity index (χ0v) is 40.4. The third-order valence-electron chi connectivity index (χ3n) is 10.3. The lowest BCUT2D eigenvalue weighted by atomic mass is 9.97. The molecule has 0 radical (unpaired) electrons. The summed E-state index contributed by atoms with van der Waals surface area (Å²) in [5.74, 6) is -4.03. The second-order valence-corrected chi connectivity index (χ2v) is 18.9. The topological polar surface area (TPSA) is 575 Å². The number of carboxylic acid groups (broad SMARTS) is 2. The van der Waals surface area contributed by atoms with Gasteiger partial charge in [0.05, 0.1) is 43.3 Å². The van der Waals surface area contributed by atoms with E-state index >= 15 is 0 Å². The number of nitrogen functional groups attached to an aromatic ring is 1. The lowest BCUT2D eigenvalue weighted by Gasteiger charge is -2.41. The van der Waals surface area contributed by atoms with E-state index in [0.29, 0.717) is 0 Å². The number of imidazole rings is 1. The van der Waals surface area contributed by atoms with E-state index in [1.807, 2.05) is 0 Å². The van der Waals surface area contributed by atoms with E-state index in [-0.39, 0.29) is 22.7 Å². The van der Waals surface area contributed by atoms with Crippen molar-refractivity contribution in [3.05, 3.63) is 28.8 Å². The number of Topliss-reactive ketones (excluding diaryl/α,β-unsaturated/α-hetero) is 1. The first-order valence-electron chi connectivity index (χ1n) is 20.7. The monoisotopic (exact) mass is 1090 g/mol. The Labute approximate surface area is 405 Å². The highest BCUT2D eigenvalue weighted by Gasteiger charge is 2.47. The highest BCUT2D eigenvalue weighted by molar-refractivity contribution is 7.59. The maximum atomic E-state index is 12.1. The quantitative estimate of drug-likeness (QED) is 0.0597. The molecule has 13 unspecified atom stereocenters. The van der Waals surface area contributed by atoms with Crippen LogP contribution in [0.25, 0.3) is 11.2 Å². The van der Waals surface area contributed by atoms with Gasteiger partial charge in [-0.25, -0.2) is 9.29 Å². The number of ether oxygens (including phenoxy) is 4. The minimum Gasteiger partial charge on any atom is -0.756 e. The predicted octanol–water partition coefficient (Wildman–Crippen LogP) is -10.5. The molecule has 6 rings (SSSR count). The molecule has 4 saturated heterocycles. The van der Waals surface area contributed by atoms with Gasteiger partial charge in [0.1, 0.15) is 79.2 Å². The van der Waals surface area contributed by atoms with Gasteiger partial charge in [0, 0.05) is 6.92 Å². The predicted molar refractivity (Wildman–Crippen MR) is 222 cm³/mol. The van der Waals surface area contributed by atoms with Crippen LogP contribution in [0.15, 0.2) is 23.3 Å². The summed E-state index contributed by atoms with van der Waals surface area (Å²) in [5.41, 5.74) is 4.59. The summed E-state index contributed by atoms with van der Waals surface area (Å²) in [4.78, 5) is 74.3. The fraction of sp³-hybridized carbons (Fsp3) is 0.722. The molecule has 6 heterocycles. The Morgan fingerprint density at radius 1 is 0.708 bits per heavy atom. The molecular weight excluding hydrogens is 1030 g/mol. The number of anilines is 1. The highest BCUT2D eigenvalue weighted by Crippen LogP contribution is 2.57. The zero-order chi connectivity index (χ0) is 55.7. The fourth-order valence-corrected chi connectivity index (χ4v) is 8.15. The van der Waals surface area contributed by atoms with E-state index < -0.39 is 162 Å². The molecule has 414 valence electrons. The number of aliphatic hydroxyl groups excluding tert-OH is 12. The molecule has 34 nitrogen and oxygen atoms in total. The van der Waals surface area contributed by atoms with Crippen LogP contribution in [0, 0.1) is 0 Å². The Morgan fingerprint density at radius 3 is 1.62 bits per heavy atom. The third kappa shape index (κ3) is 17.6. The number of aliphatic carboxylic acids is 2. The summed E-state index contributed by atoms with van der Waals surface area (Å²) in [6.07, 6.45) is -24.2. The van der Waals surface area contributed by atoms with Crippen LogP contribution in [-0.4, -0.2) is 215 Å². The fourth-order valence-electron chi connectivity index (χ4n) is 6.07. The van der Waals surface area contributed by atoms with Crippen molar-refractivity contribution in [1.29, 1.82) is 0 Å². The number of rotatable bonds is 10. The number of aromatic nitrogens is 4. The Hall–Kier alpha value is -3.88. The van der Waals surface area contributed by atoms with Crippen LogP contribution in [-0.2, 0) is 55.8 Å². The van der Waals surface area contributed by atoms with Gasteiger partial charge < -0.3 is 120 Å². The smallest absolute Gasteiger partial charge is 0.280 e. The Kier molecular flexibility index (Phi) is 24.1. The van der Waals surface area contributed by atoms with E-state index in [9.17, 15) is 89.2 Å². The maximum absolute atomic E-state index is 12.1. The normalized spacial score (nSPS) is 37.0. The summed E-state index contributed by atoms with van der Waals surface area (Å²) in [7, 11) is -11.6. The van der Waals surface area contributed by atoms with Gasteiger partial charge in [0.25, 0.3) is 21.2 Å². The number of ketones is 1. The largest absolute Gasteiger partial charge is 0.756 e. The Balaban J connectivity index is 0.000000418. The molecule has 15 N–H and O–H groups in total. The van der Waals surface area contributed by atoms with Gasteiger partial charge in [-0.1, -0.05) is 6.58 Å². The number of aromatic amines is 1. The summed E-state index contributed by atoms with van der Waals surface area (Å²) in [5, 5.41) is 132. The molecule has 21 atom stereocenters. The van der Waals surface area contributed by atoms with E-state index in [1.165, 1.54) is 20.8 Å². The second-order valence-electron chi connectivity index (χ2n) is 16.0. The van der Waals surface area contributed by atoms with Gasteiger partial charge in [0.15, 0.2) is 35.8 Å². The Bertz CT molecular complexity index is 2180. The lowest BCUT2D eigenvalue weighted by molar-refractivity contribution is -0.300. The lowest BCUT2D eigenvalue weighted by Crippen LogP contribution is -2.57. The molecular formula is C36H57N5O29P2-4. The number of carbonyl (C=O) groups excluding carboxylic acids is 3. The number of phosphoric ester groups is 2. The maximum Gasteiger partial charge on any atom is 0.280 e. The minimum atomic E-state index is -5.82. The molecule has 4 aliphatic rings. The minimum absolute atomic E-state index is 0.0648. The van der Waals surface area contributed by atoms with E-state index in [1.54, 1.807) is 13.8 Å². The first kappa shape index (κ1) is 64.2. The summed E-state index contributed by atoms with van der Waals surface area (Å²) in [6, 6.07) is 0. The average molecular weight is 1090 g/mol. The molecule has 2 aromatic heterocycles.